The second-order valence-corrected chi connectivity index (χ2v) is 2.83. The van der Waals surface area contributed by atoms with E-state index in [2.05, 4.69) is 0 Å². The zero-order chi connectivity index (χ0) is 6.08. The van der Waals surface area contributed by atoms with Gasteiger partial charge >= 0.3 is 0 Å². The van der Waals surface area contributed by atoms with Crippen molar-refractivity contribution in [1.29, 1.82) is 0 Å². The SMILES string of the molecule is CC(O)S(=O)(=O)O.[Na]. The standard InChI is InChI=1S/C2H6O4S.Na/c1-2(3)7(4,5)6;/h2-3H,1H3,(H,4,5,6);. The number of aliphatic hydroxyl groups excluding tert-OH is 1. The fourth-order valence-electron chi connectivity index (χ4n) is 0. The van der Waals surface area contributed by atoms with Gasteiger partial charge in [-0.15, -0.1) is 0 Å². The molecule has 0 aliphatic heterocycles. The molecule has 0 heterocycles. The molecule has 2 N–H and O–H groups in total. The Morgan fingerprint density at radius 1 is 1.50 bits per heavy atom. The molecule has 4 nitrogen and oxygen atoms in total. The average molecular weight is 149 g/mol. The summed E-state index contributed by atoms with van der Waals surface area (Å²) in [6.45, 7) is 0.968. The summed E-state index contributed by atoms with van der Waals surface area (Å²) in [4.78, 5) is 0. The Labute approximate surface area is 69.9 Å². The van der Waals surface area contributed by atoms with Crippen molar-refractivity contribution in [1.82, 2.24) is 0 Å². The van der Waals surface area contributed by atoms with Crippen molar-refractivity contribution < 1.29 is 18.1 Å². The molecular weight excluding hydrogens is 143 g/mol. The van der Waals surface area contributed by atoms with Crippen molar-refractivity contribution in [2.24, 2.45) is 0 Å². The molecule has 0 aromatic heterocycles. The largest absolute Gasteiger partial charge is 0.375 e. The van der Waals surface area contributed by atoms with Crippen LogP contribution in [-0.2, 0) is 10.1 Å². The van der Waals surface area contributed by atoms with Gasteiger partial charge < -0.3 is 5.11 Å². The first-order chi connectivity index (χ1) is 2.94. The molecule has 0 amide bonds. The number of aliphatic hydroxyl groups is 1. The van der Waals surface area contributed by atoms with Gasteiger partial charge in [-0.1, -0.05) is 0 Å². The fraction of sp³-hybridized carbons (Fsp3) is 1.00. The molecule has 0 aliphatic rings. The van der Waals surface area contributed by atoms with E-state index in [1.54, 1.807) is 0 Å². The van der Waals surface area contributed by atoms with Crippen LogP contribution in [0, 0.1) is 0 Å². The first kappa shape index (κ1) is 11.6. The first-order valence-electron chi connectivity index (χ1n) is 1.59. The zero-order valence-corrected chi connectivity index (χ0v) is 7.51. The van der Waals surface area contributed by atoms with E-state index in [1.807, 2.05) is 0 Å². The summed E-state index contributed by atoms with van der Waals surface area (Å²) in [6.07, 6.45) is 0. The van der Waals surface area contributed by atoms with Gasteiger partial charge in [-0.2, -0.15) is 8.42 Å². The molecule has 1 unspecified atom stereocenters. The van der Waals surface area contributed by atoms with Gasteiger partial charge in [-0.25, -0.2) is 0 Å². The van der Waals surface area contributed by atoms with Crippen LogP contribution in [-0.4, -0.2) is 53.1 Å². The van der Waals surface area contributed by atoms with Gasteiger partial charge in [-0.05, 0) is 6.92 Å². The van der Waals surface area contributed by atoms with Crippen LogP contribution >= 0.6 is 0 Å². The van der Waals surface area contributed by atoms with E-state index in [9.17, 15) is 8.42 Å². The molecule has 0 saturated carbocycles. The topological polar surface area (TPSA) is 74.6 Å². The van der Waals surface area contributed by atoms with Gasteiger partial charge in [0.15, 0.2) is 5.44 Å². The molecule has 0 bridgehead atoms. The molecule has 1 radical (unpaired) electrons. The second kappa shape index (κ2) is 3.81. The Hall–Kier alpha value is 0.870. The number of hydrogen-bond acceptors (Lipinski definition) is 3. The Bertz CT molecular complexity index is 136. The zero-order valence-electron chi connectivity index (χ0n) is 4.70. The van der Waals surface area contributed by atoms with Crippen LogP contribution in [0.15, 0.2) is 0 Å². The minimum absolute atomic E-state index is 0. The molecule has 45 valence electrons. The first-order valence-corrected chi connectivity index (χ1v) is 3.09. The van der Waals surface area contributed by atoms with Gasteiger partial charge in [0.05, 0.1) is 0 Å². The van der Waals surface area contributed by atoms with Crippen molar-refractivity contribution in [3.05, 3.63) is 0 Å². The third kappa shape index (κ3) is 5.02. The smallest absolute Gasteiger partial charge is 0.291 e. The van der Waals surface area contributed by atoms with Crippen LogP contribution in [0.3, 0.4) is 0 Å². The summed E-state index contributed by atoms with van der Waals surface area (Å²) >= 11 is 0. The summed E-state index contributed by atoms with van der Waals surface area (Å²) < 4.78 is 27.1. The number of hydrogen-bond donors (Lipinski definition) is 2. The normalized spacial score (nSPS) is 14.4. The molecule has 1 atom stereocenters. The van der Waals surface area contributed by atoms with E-state index in [1.165, 1.54) is 0 Å². The fourth-order valence-corrected chi connectivity index (χ4v) is 0. The van der Waals surface area contributed by atoms with Gasteiger partial charge in [0.25, 0.3) is 10.1 Å². The second-order valence-electron chi connectivity index (χ2n) is 1.11. The van der Waals surface area contributed by atoms with Crippen molar-refractivity contribution in [3.63, 3.8) is 0 Å². The summed E-state index contributed by atoms with van der Waals surface area (Å²) in [5, 5.41) is 8.05. The molecule has 8 heavy (non-hydrogen) atoms. The molecule has 0 rings (SSSR count). The quantitative estimate of drug-likeness (QED) is 0.364. The molecule has 0 aliphatic carbocycles. The third-order valence-corrected chi connectivity index (χ3v) is 1.29. The maximum atomic E-state index is 9.64. The summed E-state index contributed by atoms with van der Waals surface area (Å²) in [5.41, 5.74) is -1.67. The molecule has 0 aromatic carbocycles. The minimum Gasteiger partial charge on any atom is -0.375 e. The molecule has 0 aromatic rings. The van der Waals surface area contributed by atoms with E-state index >= 15 is 0 Å². The molecular formula is C2H6NaO4S. The van der Waals surface area contributed by atoms with Crippen molar-refractivity contribution in [2.75, 3.05) is 0 Å². The Balaban J connectivity index is 0. The Kier molecular flexibility index (Phi) is 5.55. The van der Waals surface area contributed by atoms with E-state index in [0.717, 1.165) is 6.92 Å². The van der Waals surface area contributed by atoms with Crippen LogP contribution < -0.4 is 0 Å². The molecule has 6 heteroatoms. The predicted octanol–water partition coefficient (Wildman–Crippen LogP) is -1.17. The summed E-state index contributed by atoms with van der Waals surface area (Å²) in [5.74, 6) is 0. The molecule has 0 fully saturated rings. The van der Waals surface area contributed by atoms with Gasteiger partial charge in [0.2, 0.25) is 0 Å². The maximum Gasteiger partial charge on any atom is 0.291 e. The Morgan fingerprint density at radius 2 is 1.62 bits per heavy atom. The average Bonchev–Trinajstić information content (AvgIpc) is 1.31. The summed E-state index contributed by atoms with van der Waals surface area (Å²) in [6, 6.07) is 0. The van der Waals surface area contributed by atoms with Crippen LogP contribution in [0.5, 0.6) is 0 Å². The Morgan fingerprint density at radius 3 is 1.62 bits per heavy atom. The monoisotopic (exact) mass is 149 g/mol. The van der Waals surface area contributed by atoms with Gasteiger partial charge in [-0.3, -0.25) is 4.55 Å². The van der Waals surface area contributed by atoms with Crippen LogP contribution in [0.1, 0.15) is 6.92 Å². The third-order valence-electron chi connectivity index (χ3n) is 0.431. The minimum atomic E-state index is -4.19. The van der Waals surface area contributed by atoms with Crippen LogP contribution in [0.25, 0.3) is 0 Å². The molecule has 0 saturated heterocycles. The maximum absolute atomic E-state index is 9.64. The number of rotatable bonds is 1. The van der Waals surface area contributed by atoms with E-state index in [0.29, 0.717) is 0 Å². The van der Waals surface area contributed by atoms with E-state index in [-0.39, 0.29) is 29.6 Å². The van der Waals surface area contributed by atoms with Crippen molar-refractivity contribution in [2.45, 2.75) is 12.4 Å². The van der Waals surface area contributed by atoms with Crippen molar-refractivity contribution >= 4 is 39.7 Å². The molecule has 0 spiro atoms. The van der Waals surface area contributed by atoms with Crippen LogP contribution in [0.4, 0.5) is 0 Å². The summed E-state index contributed by atoms with van der Waals surface area (Å²) in [7, 11) is -4.19. The van der Waals surface area contributed by atoms with Crippen LogP contribution in [0.2, 0.25) is 0 Å². The van der Waals surface area contributed by atoms with Crippen molar-refractivity contribution in [3.8, 4) is 0 Å². The van der Waals surface area contributed by atoms with E-state index < -0.39 is 15.6 Å². The predicted molar refractivity (Wildman–Crippen MR) is 29.0 cm³/mol. The van der Waals surface area contributed by atoms with Gasteiger partial charge in [0, 0.05) is 29.6 Å². The van der Waals surface area contributed by atoms with E-state index in [4.69, 9.17) is 9.66 Å². The van der Waals surface area contributed by atoms with Gasteiger partial charge in [0.1, 0.15) is 0 Å².